The molecule has 0 heterocycles. The minimum absolute atomic E-state index is 0.510. The van der Waals surface area contributed by atoms with Crippen molar-refractivity contribution in [2.45, 2.75) is 27.1 Å². The van der Waals surface area contributed by atoms with Crippen LogP contribution in [0.15, 0.2) is 84.9 Å². The highest BCUT2D eigenvalue weighted by molar-refractivity contribution is 5.71. The number of allylic oxidation sites excluding steroid dienone is 2. The Labute approximate surface area is 155 Å². The molecule has 26 heavy (non-hydrogen) atoms. The molecule has 0 radical (unpaired) electrons. The third-order valence-electron chi connectivity index (χ3n) is 4.30. The van der Waals surface area contributed by atoms with Gasteiger partial charge in [0.05, 0.1) is 0 Å². The van der Waals surface area contributed by atoms with Crippen molar-refractivity contribution in [2.24, 2.45) is 0 Å². The molecule has 0 saturated heterocycles. The summed E-state index contributed by atoms with van der Waals surface area (Å²) in [5.41, 5.74) is 4.50. The summed E-state index contributed by atoms with van der Waals surface area (Å²) >= 11 is 0. The zero-order chi connectivity index (χ0) is 18.2. The summed E-state index contributed by atoms with van der Waals surface area (Å²) in [7, 11) is 0. The molecule has 0 bridgehead atoms. The summed E-state index contributed by atoms with van der Waals surface area (Å²) in [5, 5.41) is 0. The van der Waals surface area contributed by atoms with E-state index in [4.69, 9.17) is 9.47 Å². The third kappa shape index (κ3) is 4.54. The molecule has 0 aliphatic carbocycles. The second-order valence-electron chi connectivity index (χ2n) is 6.15. The molecule has 0 N–H and O–H groups in total. The van der Waals surface area contributed by atoms with Gasteiger partial charge >= 0.3 is 0 Å². The Morgan fingerprint density at radius 3 is 1.88 bits per heavy atom. The van der Waals surface area contributed by atoms with Crippen molar-refractivity contribution in [3.63, 3.8) is 0 Å². The van der Waals surface area contributed by atoms with Gasteiger partial charge in [0.2, 0.25) is 0 Å². The highest BCUT2D eigenvalue weighted by Gasteiger charge is 2.13. The van der Waals surface area contributed by atoms with Crippen molar-refractivity contribution in [3.8, 4) is 11.5 Å². The van der Waals surface area contributed by atoms with Crippen LogP contribution >= 0.6 is 0 Å². The molecule has 132 valence electrons. The Balaban J connectivity index is 1.85. The number of para-hydroxylation sites is 1. The van der Waals surface area contributed by atoms with Crippen LogP contribution in [0.2, 0.25) is 0 Å². The monoisotopic (exact) mass is 344 g/mol. The lowest BCUT2D eigenvalue weighted by atomic mass is 10.1. The van der Waals surface area contributed by atoms with Gasteiger partial charge in [-0.1, -0.05) is 78.9 Å². The minimum Gasteiger partial charge on any atom is -0.485 e. The fourth-order valence-electron chi connectivity index (χ4n) is 2.71. The fourth-order valence-corrected chi connectivity index (χ4v) is 2.71. The predicted molar refractivity (Wildman–Crippen MR) is 107 cm³/mol. The molecule has 0 atom stereocenters. The van der Waals surface area contributed by atoms with Gasteiger partial charge < -0.3 is 9.47 Å². The molecule has 2 heteroatoms. The largest absolute Gasteiger partial charge is 0.485 e. The Morgan fingerprint density at radius 1 is 0.731 bits per heavy atom. The zero-order valence-corrected chi connectivity index (χ0v) is 15.3. The molecule has 0 saturated carbocycles. The SMILES string of the molecule is C/C=C(\C)c1cccc(OCc2ccccc2)c1OCc1ccccc1. The van der Waals surface area contributed by atoms with E-state index in [1.54, 1.807) is 0 Å². The fraction of sp³-hybridized carbons (Fsp3) is 0.167. The maximum atomic E-state index is 6.20. The van der Waals surface area contributed by atoms with Gasteiger partial charge in [-0.15, -0.1) is 0 Å². The Bertz CT molecular complexity index is 852. The van der Waals surface area contributed by atoms with Gasteiger partial charge in [-0.3, -0.25) is 0 Å². The maximum absolute atomic E-state index is 6.20. The number of benzene rings is 3. The first kappa shape index (κ1) is 17.8. The molecule has 0 aliphatic heterocycles. The van der Waals surface area contributed by atoms with Crippen molar-refractivity contribution < 1.29 is 9.47 Å². The molecule has 0 spiro atoms. The lowest BCUT2D eigenvalue weighted by molar-refractivity contribution is 0.255. The average molecular weight is 344 g/mol. The van der Waals surface area contributed by atoms with Crippen LogP contribution in [-0.2, 0) is 13.2 Å². The van der Waals surface area contributed by atoms with E-state index in [0.717, 1.165) is 28.2 Å². The second kappa shape index (κ2) is 8.91. The van der Waals surface area contributed by atoms with E-state index < -0.39 is 0 Å². The minimum atomic E-state index is 0.510. The van der Waals surface area contributed by atoms with Gasteiger partial charge in [-0.05, 0) is 36.6 Å². The smallest absolute Gasteiger partial charge is 0.169 e. The normalized spacial score (nSPS) is 11.2. The first-order chi connectivity index (χ1) is 12.8. The summed E-state index contributed by atoms with van der Waals surface area (Å²) in [6.07, 6.45) is 2.09. The third-order valence-corrected chi connectivity index (χ3v) is 4.30. The number of hydrogen-bond donors (Lipinski definition) is 0. The van der Waals surface area contributed by atoms with Crippen LogP contribution in [0.1, 0.15) is 30.5 Å². The lowest BCUT2D eigenvalue weighted by Gasteiger charge is -2.17. The van der Waals surface area contributed by atoms with Crippen LogP contribution in [0.5, 0.6) is 11.5 Å². The van der Waals surface area contributed by atoms with E-state index in [1.165, 1.54) is 5.57 Å². The van der Waals surface area contributed by atoms with Gasteiger partial charge in [-0.2, -0.15) is 0 Å². The maximum Gasteiger partial charge on any atom is 0.169 e. The highest BCUT2D eigenvalue weighted by atomic mass is 16.5. The van der Waals surface area contributed by atoms with E-state index in [9.17, 15) is 0 Å². The van der Waals surface area contributed by atoms with Crippen LogP contribution in [0.4, 0.5) is 0 Å². The first-order valence-electron chi connectivity index (χ1n) is 8.87. The molecule has 0 aliphatic rings. The van der Waals surface area contributed by atoms with Gasteiger partial charge in [0, 0.05) is 5.56 Å². The first-order valence-corrected chi connectivity index (χ1v) is 8.87. The quantitative estimate of drug-likeness (QED) is 0.503. The molecule has 3 aromatic carbocycles. The van der Waals surface area contributed by atoms with Crippen molar-refractivity contribution in [1.82, 2.24) is 0 Å². The summed E-state index contributed by atoms with van der Waals surface area (Å²) in [4.78, 5) is 0. The average Bonchev–Trinajstić information content (AvgIpc) is 2.71. The molecule has 0 fully saturated rings. The molecular formula is C24H24O2. The van der Waals surface area contributed by atoms with E-state index >= 15 is 0 Å². The zero-order valence-electron chi connectivity index (χ0n) is 15.3. The van der Waals surface area contributed by atoms with Crippen LogP contribution in [-0.4, -0.2) is 0 Å². The second-order valence-corrected chi connectivity index (χ2v) is 6.15. The van der Waals surface area contributed by atoms with Gasteiger partial charge in [0.15, 0.2) is 11.5 Å². The van der Waals surface area contributed by atoms with Gasteiger partial charge in [0.1, 0.15) is 13.2 Å². The van der Waals surface area contributed by atoms with Crippen molar-refractivity contribution in [2.75, 3.05) is 0 Å². The standard InChI is InChI=1S/C24H24O2/c1-3-19(2)22-15-10-16-23(25-17-20-11-6-4-7-12-20)24(22)26-18-21-13-8-5-9-14-21/h3-16H,17-18H2,1-2H3/b19-3+. The Morgan fingerprint density at radius 2 is 1.31 bits per heavy atom. The van der Waals surface area contributed by atoms with Gasteiger partial charge in [-0.25, -0.2) is 0 Å². The van der Waals surface area contributed by atoms with Gasteiger partial charge in [0.25, 0.3) is 0 Å². The molecule has 0 aromatic heterocycles. The van der Waals surface area contributed by atoms with Crippen LogP contribution < -0.4 is 9.47 Å². The molecule has 2 nitrogen and oxygen atoms in total. The predicted octanol–water partition coefficient (Wildman–Crippen LogP) is 6.27. The van der Waals surface area contributed by atoms with E-state index in [2.05, 4.69) is 43.3 Å². The van der Waals surface area contributed by atoms with E-state index in [1.807, 2.05) is 55.5 Å². The summed E-state index contributed by atoms with van der Waals surface area (Å²) in [6.45, 7) is 5.15. The van der Waals surface area contributed by atoms with E-state index in [-0.39, 0.29) is 0 Å². The molecular weight excluding hydrogens is 320 g/mol. The van der Waals surface area contributed by atoms with Crippen LogP contribution in [0.25, 0.3) is 5.57 Å². The number of rotatable bonds is 7. The van der Waals surface area contributed by atoms with Crippen LogP contribution in [0, 0.1) is 0 Å². The lowest BCUT2D eigenvalue weighted by Crippen LogP contribution is -2.02. The van der Waals surface area contributed by atoms with Crippen molar-refractivity contribution in [3.05, 3.63) is 102 Å². The van der Waals surface area contributed by atoms with Crippen molar-refractivity contribution >= 4 is 5.57 Å². The summed E-state index contributed by atoms with van der Waals surface area (Å²) in [5.74, 6) is 1.56. The molecule has 0 unspecified atom stereocenters. The Kier molecular flexibility index (Phi) is 6.10. The Hall–Kier alpha value is -3.00. The van der Waals surface area contributed by atoms with E-state index in [0.29, 0.717) is 13.2 Å². The topological polar surface area (TPSA) is 18.5 Å². The molecule has 3 aromatic rings. The number of hydrogen-bond acceptors (Lipinski definition) is 2. The van der Waals surface area contributed by atoms with Crippen molar-refractivity contribution in [1.29, 1.82) is 0 Å². The summed E-state index contributed by atoms with van der Waals surface area (Å²) < 4.78 is 12.3. The number of ether oxygens (including phenoxy) is 2. The molecule has 0 amide bonds. The van der Waals surface area contributed by atoms with Crippen LogP contribution in [0.3, 0.4) is 0 Å². The molecule has 3 rings (SSSR count). The highest BCUT2D eigenvalue weighted by Crippen LogP contribution is 2.36. The summed E-state index contributed by atoms with van der Waals surface area (Å²) in [6, 6.07) is 26.4.